The van der Waals surface area contributed by atoms with Crippen LogP contribution in [0.15, 0.2) is 12.1 Å². The van der Waals surface area contributed by atoms with Gasteiger partial charge in [-0.05, 0) is 25.0 Å². The number of carbonyl (C=O) groups excluding carboxylic acids is 1. The van der Waals surface area contributed by atoms with Crippen LogP contribution in [0.3, 0.4) is 0 Å². The number of carbonyl (C=O) groups is 1. The van der Waals surface area contributed by atoms with Gasteiger partial charge in [0.1, 0.15) is 21.3 Å². The summed E-state index contributed by atoms with van der Waals surface area (Å²) in [6.45, 7) is 0. The van der Waals surface area contributed by atoms with Gasteiger partial charge in [0.05, 0.1) is 17.2 Å². The average Bonchev–Trinajstić information content (AvgIpc) is 2.34. The molecule has 5 N–H and O–H groups in total. The SMILES string of the molecule is NC(=O)c1ccc(N)c(NC2CCS(=O)(=O)CC2)n1. The number of sulfone groups is 1. The van der Waals surface area contributed by atoms with Crippen LogP contribution in [0.4, 0.5) is 11.5 Å². The number of amides is 1. The number of pyridine rings is 1. The Morgan fingerprint density at radius 1 is 1.32 bits per heavy atom. The number of nitrogens with one attached hydrogen (secondary N) is 1. The van der Waals surface area contributed by atoms with Gasteiger partial charge < -0.3 is 16.8 Å². The van der Waals surface area contributed by atoms with E-state index in [0.717, 1.165) is 0 Å². The number of nitrogen functional groups attached to an aromatic ring is 1. The predicted octanol–water partition coefficient (Wildman–Crippen LogP) is -0.248. The monoisotopic (exact) mass is 284 g/mol. The van der Waals surface area contributed by atoms with Gasteiger partial charge in [-0.25, -0.2) is 13.4 Å². The molecular formula is C11H16N4O3S. The van der Waals surface area contributed by atoms with E-state index < -0.39 is 15.7 Å². The molecule has 0 bridgehead atoms. The minimum atomic E-state index is -2.91. The molecule has 0 aromatic carbocycles. The molecule has 0 atom stereocenters. The normalized spacial score (nSPS) is 18.9. The average molecular weight is 284 g/mol. The minimum absolute atomic E-state index is 0.0125. The second kappa shape index (κ2) is 5.04. The number of primary amides is 1. The zero-order valence-corrected chi connectivity index (χ0v) is 11.1. The Labute approximate surface area is 111 Å². The molecule has 1 amide bonds. The Morgan fingerprint density at radius 2 is 1.95 bits per heavy atom. The molecule has 0 unspecified atom stereocenters. The lowest BCUT2D eigenvalue weighted by Gasteiger charge is -2.24. The first-order valence-corrected chi connectivity index (χ1v) is 7.73. The third-order valence-electron chi connectivity index (χ3n) is 3.07. The standard InChI is InChI=1S/C11H16N4O3S/c12-8-1-2-9(10(13)16)15-11(8)14-7-3-5-19(17,18)6-4-7/h1-2,7H,3-6,12H2,(H2,13,16)(H,14,15). The van der Waals surface area contributed by atoms with E-state index in [1.54, 1.807) is 6.07 Å². The van der Waals surface area contributed by atoms with E-state index in [-0.39, 0.29) is 23.2 Å². The molecule has 0 radical (unpaired) electrons. The van der Waals surface area contributed by atoms with Crippen molar-refractivity contribution in [3.63, 3.8) is 0 Å². The van der Waals surface area contributed by atoms with Crippen molar-refractivity contribution in [3.8, 4) is 0 Å². The molecule has 0 spiro atoms. The molecule has 104 valence electrons. The third kappa shape index (κ3) is 3.34. The summed E-state index contributed by atoms with van der Waals surface area (Å²) in [6, 6.07) is 2.99. The Balaban J connectivity index is 2.11. The highest BCUT2D eigenvalue weighted by Crippen LogP contribution is 2.21. The van der Waals surface area contributed by atoms with E-state index in [1.807, 2.05) is 0 Å². The first-order valence-electron chi connectivity index (χ1n) is 5.91. The summed E-state index contributed by atoms with van der Waals surface area (Å²) in [5, 5.41) is 3.07. The summed E-state index contributed by atoms with van der Waals surface area (Å²) >= 11 is 0. The number of hydrogen-bond acceptors (Lipinski definition) is 6. The highest BCUT2D eigenvalue weighted by molar-refractivity contribution is 7.91. The molecule has 1 aliphatic heterocycles. The maximum Gasteiger partial charge on any atom is 0.267 e. The van der Waals surface area contributed by atoms with Crippen molar-refractivity contribution in [2.45, 2.75) is 18.9 Å². The summed E-state index contributed by atoms with van der Waals surface area (Å²) in [6.07, 6.45) is 1.01. The van der Waals surface area contributed by atoms with E-state index in [0.29, 0.717) is 24.3 Å². The van der Waals surface area contributed by atoms with E-state index in [4.69, 9.17) is 11.5 Å². The number of aromatic nitrogens is 1. The number of hydrogen-bond donors (Lipinski definition) is 3. The summed E-state index contributed by atoms with van der Waals surface area (Å²) in [5.74, 6) is 0.0510. The Morgan fingerprint density at radius 3 is 2.53 bits per heavy atom. The zero-order chi connectivity index (χ0) is 14.0. The van der Waals surface area contributed by atoms with Gasteiger partial charge in [0.15, 0.2) is 0 Å². The summed E-state index contributed by atoms with van der Waals surface area (Å²) in [4.78, 5) is 15.1. The number of nitrogens with zero attached hydrogens (tertiary/aromatic N) is 1. The minimum Gasteiger partial charge on any atom is -0.396 e. The number of anilines is 2. The zero-order valence-electron chi connectivity index (χ0n) is 10.3. The van der Waals surface area contributed by atoms with Crippen LogP contribution in [0.25, 0.3) is 0 Å². The lowest BCUT2D eigenvalue weighted by molar-refractivity contribution is 0.0995. The number of nitrogens with two attached hydrogens (primary N) is 2. The van der Waals surface area contributed by atoms with Gasteiger partial charge in [0, 0.05) is 6.04 Å². The van der Waals surface area contributed by atoms with Gasteiger partial charge >= 0.3 is 0 Å². The van der Waals surface area contributed by atoms with Crippen molar-refractivity contribution in [1.82, 2.24) is 4.98 Å². The van der Waals surface area contributed by atoms with Crippen LogP contribution in [-0.4, -0.2) is 36.9 Å². The largest absolute Gasteiger partial charge is 0.396 e. The van der Waals surface area contributed by atoms with Gasteiger partial charge in [-0.3, -0.25) is 4.79 Å². The topological polar surface area (TPSA) is 128 Å². The lowest BCUT2D eigenvalue weighted by atomic mass is 10.1. The van der Waals surface area contributed by atoms with Crippen LogP contribution in [0.2, 0.25) is 0 Å². The molecule has 19 heavy (non-hydrogen) atoms. The Bertz CT molecular complexity index is 586. The van der Waals surface area contributed by atoms with Gasteiger partial charge in [-0.15, -0.1) is 0 Å². The van der Waals surface area contributed by atoms with Crippen molar-refractivity contribution in [3.05, 3.63) is 17.8 Å². The van der Waals surface area contributed by atoms with Crippen molar-refractivity contribution in [1.29, 1.82) is 0 Å². The first kappa shape index (κ1) is 13.6. The Hall–Kier alpha value is -1.83. The van der Waals surface area contributed by atoms with Gasteiger partial charge in [0.2, 0.25) is 0 Å². The van der Waals surface area contributed by atoms with E-state index >= 15 is 0 Å². The van der Waals surface area contributed by atoms with Crippen LogP contribution in [0.5, 0.6) is 0 Å². The summed E-state index contributed by atoms with van der Waals surface area (Å²) in [7, 11) is -2.91. The predicted molar refractivity (Wildman–Crippen MR) is 72.5 cm³/mol. The molecular weight excluding hydrogens is 268 g/mol. The molecule has 1 saturated heterocycles. The second-order valence-electron chi connectivity index (χ2n) is 4.57. The molecule has 1 fully saturated rings. The molecule has 1 aromatic heterocycles. The van der Waals surface area contributed by atoms with Crippen molar-refractivity contribution in [2.24, 2.45) is 5.73 Å². The Kier molecular flexibility index (Phi) is 3.61. The quantitative estimate of drug-likeness (QED) is 0.702. The highest BCUT2D eigenvalue weighted by Gasteiger charge is 2.24. The third-order valence-corrected chi connectivity index (χ3v) is 4.79. The fraction of sp³-hybridized carbons (Fsp3) is 0.455. The molecule has 0 aliphatic carbocycles. The maximum atomic E-state index is 11.3. The molecule has 0 saturated carbocycles. The van der Waals surface area contributed by atoms with Crippen LogP contribution < -0.4 is 16.8 Å². The number of rotatable bonds is 3. The van der Waals surface area contributed by atoms with Crippen LogP contribution in [-0.2, 0) is 9.84 Å². The molecule has 7 nitrogen and oxygen atoms in total. The van der Waals surface area contributed by atoms with Gasteiger partial charge in [-0.2, -0.15) is 0 Å². The fourth-order valence-corrected chi connectivity index (χ4v) is 3.44. The van der Waals surface area contributed by atoms with E-state index in [1.165, 1.54) is 6.07 Å². The summed E-state index contributed by atoms with van der Waals surface area (Å²) in [5.41, 5.74) is 11.4. The molecule has 2 rings (SSSR count). The van der Waals surface area contributed by atoms with Crippen LogP contribution in [0.1, 0.15) is 23.3 Å². The van der Waals surface area contributed by atoms with Crippen molar-refractivity contribution < 1.29 is 13.2 Å². The lowest BCUT2D eigenvalue weighted by Crippen LogP contribution is -2.32. The first-order chi connectivity index (χ1) is 8.87. The van der Waals surface area contributed by atoms with Gasteiger partial charge in [-0.1, -0.05) is 0 Å². The van der Waals surface area contributed by atoms with Crippen molar-refractivity contribution >= 4 is 27.2 Å². The highest BCUT2D eigenvalue weighted by atomic mass is 32.2. The van der Waals surface area contributed by atoms with E-state index in [2.05, 4.69) is 10.3 Å². The van der Waals surface area contributed by atoms with E-state index in [9.17, 15) is 13.2 Å². The maximum absolute atomic E-state index is 11.3. The fourth-order valence-electron chi connectivity index (χ4n) is 1.95. The van der Waals surface area contributed by atoms with Gasteiger partial charge in [0.25, 0.3) is 5.91 Å². The molecule has 2 heterocycles. The smallest absolute Gasteiger partial charge is 0.267 e. The second-order valence-corrected chi connectivity index (χ2v) is 6.87. The molecule has 8 heteroatoms. The summed E-state index contributed by atoms with van der Waals surface area (Å²) < 4.78 is 22.7. The molecule has 1 aliphatic rings. The molecule has 1 aromatic rings. The van der Waals surface area contributed by atoms with Crippen molar-refractivity contribution in [2.75, 3.05) is 22.6 Å². The van der Waals surface area contributed by atoms with Crippen LogP contribution in [0, 0.1) is 0 Å². The van der Waals surface area contributed by atoms with Crippen LogP contribution >= 0.6 is 0 Å².